The van der Waals surface area contributed by atoms with Gasteiger partial charge in [0.25, 0.3) is 0 Å². The highest BCUT2D eigenvalue weighted by Crippen LogP contribution is 2.24. The molecule has 98 valence electrons. The molecular weight excluding hydrogens is 238 g/mol. The van der Waals surface area contributed by atoms with Crippen LogP contribution in [-0.4, -0.2) is 23.1 Å². The van der Waals surface area contributed by atoms with E-state index in [-0.39, 0.29) is 0 Å². The summed E-state index contributed by atoms with van der Waals surface area (Å²) >= 11 is 0. The van der Waals surface area contributed by atoms with E-state index in [1.807, 2.05) is 26.2 Å². The van der Waals surface area contributed by atoms with Crippen LogP contribution in [0.5, 0.6) is 0 Å². The summed E-state index contributed by atoms with van der Waals surface area (Å²) in [5, 5.41) is 3.17. The van der Waals surface area contributed by atoms with Gasteiger partial charge in [-0.25, -0.2) is 4.98 Å². The molecule has 0 radical (unpaired) electrons. The second-order valence-electron chi connectivity index (χ2n) is 4.65. The molecule has 0 bridgehead atoms. The van der Waals surface area contributed by atoms with Crippen LogP contribution in [0.3, 0.4) is 0 Å². The number of benzene rings is 1. The van der Waals surface area contributed by atoms with E-state index in [2.05, 4.69) is 33.1 Å². The number of nitrogens with zero attached hydrogens (tertiary/aromatic N) is 2. The standard InChI is InChI=1S/C15H17N3O/c1-16-8-7-11-5-6-12-13(10-11)18(2)15(17-12)14-4-3-9-19-14/h3-6,9-10,16H,7-8H2,1-2H3. The molecule has 1 aromatic carbocycles. The number of fused-ring (bicyclic) bond motifs is 1. The van der Waals surface area contributed by atoms with E-state index >= 15 is 0 Å². The first-order chi connectivity index (χ1) is 9.29. The number of nitrogens with one attached hydrogen (secondary N) is 1. The lowest BCUT2D eigenvalue weighted by atomic mass is 10.1. The van der Waals surface area contributed by atoms with Gasteiger partial charge in [0.1, 0.15) is 0 Å². The van der Waals surface area contributed by atoms with E-state index in [1.54, 1.807) is 6.26 Å². The Labute approximate surface area is 112 Å². The van der Waals surface area contributed by atoms with Gasteiger partial charge in [-0.15, -0.1) is 0 Å². The van der Waals surface area contributed by atoms with Crippen LogP contribution in [0.15, 0.2) is 41.0 Å². The van der Waals surface area contributed by atoms with E-state index in [1.165, 1.54) is 5.56 Å². The Morgan fingerprint density at radius 3 is 2.95 bits per heavy atom. The molecule has 3 rings (SSSR count). The van der Waals surface area contributed by atoms with Crippen molar-refractivity contribution in [3.8, 4) is 11.6 Å². The predicted molar refractivity (Wildman–Crippen MR) is 76.0 cm³/mol. The maximum atomic E-state index is 5.43. The van der Waals surface area contributed by atoms with Crippen molar-refractivity contribution in [1.29, 1.82) is 0 Å². The first-order valence-corrected chi connectivity index (χ1v) is 6.43. The van der Waals surface area contributed by atoms with Crippen molar-refractivity contribution in [2.75, 3.05) is 13.6 Å². The van der Waals surface area contributed by atoms with Gasteiger partial charge in [-0.2, -0.15) is 0 Å². The van der Waals surface area contributed by atoms with Gasteiger partial charge in [-0.1, -0.05) is 6.07 Å². The van der Waals surface area contributed by atoms with Gasteiger partial charge in [0, 0.05) is 7.05 Å². The van der Waals surface area contributed by atoms with E-state index in [9.17, 15) is 0 Å². The molecule has 0 aliphatic carbocycles. The molecule has 0 amide bonds. The van der Waals surface area contributed by atoms with Crippen molar-refractivity contribution < 1.29 is 4.42 Å². The number of imidazole rings is 1. The Bertz CT molecular complexity index is 683. The van der Waals surface area contributed by atoms with Crippen LogP contribution in [0.1, 0.15) is 5.56 Å². The fourth-order valence-electron chi connectivity index (χ4n) is 2.29. The molecule has 0 unspecified atom stereocenters. The number of aromatic nitrogens is 2. The van der Waals surface area contributed by atoms with Crippen LogP contribution in [-0.2, 0) is 13.5 Å². The van der Waals surface area contributed by atoms with Crippen molar-refractivity contribution in [3.05, 3.63) is 42.2 Å². The molecule has 0 atom stereocenters. The Morgan fingerprint density at radius 1 is 1.32 bits per heavy atom. The molecule has 3 aromatic rings. The monoisotopic (exact) mass is 255 g/mol. The largest absolute Gasteiger partial charge is 0.461 e. The Kier molecular flexibility index (Phi) is 3.09. The molecular formula is C15H17N3O. The summed E-state index contributed by atoms with van der Waals surface area (Å²) in [4.78, 5) is 4.63. The summed E-state index contributed by atoms with van der Waals surface area (Å²) in [5.41, 5.74) is 3.46. The van der Waals surface area contributed by atoms with E-state index < -0.39 is 0 Å². The maximum absolute atomic E-state index is 5.43. The summed E-state index contributed by atoms with van der Waals surface area (Å²) < 4.78 is 7.51. The molecule has 2 heterocycles. The van der Waals surface area contributed by atoms with Crippen LogP contribution in [0.2, 0.25) is 0 Å². The van der Waals surface area contributed by atoms with Crippen molar-refractivity contribution in [2.45, 2.75) is 6.42 Å². The highest BCUT2D eigenvalue weighted by Gasteiger charge is 2.12. The lowest BCUT2D eigenvalue weighted by Gasteiger charge is -2.02. The smallest absolute Gasteiger partial charge is 0.176 e. The minimum absolute atomic E-state index is 0.801. The number of hydrogen-bond donors (Lipinski definition) is 1. The maximum Gasteiger partial charge on any atom is 0.176 e. The summed E-state index contributed by atoms with van der Waals surface area (Å²) in [6.45, 7) is 0.981. The first kappa shape index (κ1) is 12.0. The molecule has 0 saturated carbocycles. The number of rotatable bonds is 4. The Hall–Kier alpha value is -2.07. The SMILES string of the molecule is CNCCc1ccc2nc(-c3ccco3)n(C)c2c1. The molecule has 19 heavy (non-hydrogen) atoms. The summed E-state index contributed by atoms with van der Waals surface area (Å²) in [6.07, 6.45) is 2.70. The van der Waals surface area contributed by atoms with Crippen LogP contribution in [0.25, 0.3) is 22.6 Å². The van der Waals surface area contributed by atoms with Gasteiger partial charge in [0.2, 0.25) is 0 Å². The average molecular weight is 255 g/mol. The fourth-order valence-corrected chi connectivity index (χ4v) is 2.29. The van der Waals surface area contributed by atoms with Crippen molar-refractivity contribution in [3.63, 3.8) is 0 Å². The van der Waals surface area contributed by atoms with Crippen molar-refractivity contribution >= 4 is 11.0 Å². The van der Waals surface area contributed by atoms with Gasteiger partial charge in [-0.3, -0.25) is 0 Å². The van der Waals surface area contributed by atoms with Gasteiger partial charge >= 0.3 is 0 Å². The second kappa shape index (κ2) is 4.90. The molecule has 0 spiro atoms. The third-order valence-corrected chi connectivity index (χ3v) is 3.35. The molecule has 4 nitrogen and oxygen atoms in total. The predicted octanol–water partition coefficient (Wildman–Crippen LogP) is 2.60. The number of likely N-dealkylation sites (N-methyl/N-ethyl adjacent to an activating group) is 1. The van der Waals surface area contributed by atoms with Crippen LogP contribution in [0.4, 0.5) is 0 Å². The summed E-state index contributed by atoms with van der Waals surface area (Å²) in [6, 6.07) is 10.2. The summed E-state index contributed by atoms with van der Waals surface area (Å²) in [5.74, 6) is 1.67. The zero-order chi connectivity index (χ0) is 13.2. The molecule has 0 fully saturated rings. The zero-order valence-electron chi connectivity index (χ0n) is 11.2. The van der Waals surface area contributed by atoms with Crippen LogP contribution >= 0.6 is 0 Å². The van der Waals surface area contributed by atoms with E-state index in [0.29, 0.717) is 0 Å². The number of aryl methyl sites for hydroxylation is 1. The summed E-state index contributed by atoms with van der Waals surface area (Å²) in [7, 11) is 3.99. The fraction of sp³-hybridized carbons (Fsp3) is 0.267. The van der Waals surface area contributed by atoms with Crippen LogP contribution < -0.4 is 5.32 Å². The minimum Gasteiger partial charge on any atom is -0.461 e. The lowest BCUT2D eigenvalue weighted by Crippen LogP contribution is -2.10. The normalized spacial score (nSPS) is 11.3. The molecule has 0 aliphatic heterocycles. The highest BCUT2D eigenvalue weighted by atomic mass is 16.3. The van der Waals surface area contributed by atoms with Crippen molar-refractivity contribution in [1.82, 2.24) is 14.9 Å². The number of hydrogen-bond acceptors (Lipinski definition) is 3. The molecule has 1 N–H and O–H groups in total. The topological polar surface area (TPSA) is 43.0 Å². The number of furan rings is 1. The van der Waals surface area contributed by atoms with Crippen LogP contribution in [0, 0.1) is 0 Å². The first-order valence-electron chi connectivity index (χ1n) is 6.43. The average Bonchev–Trinajstić information content (AvgIpc) is 3.05. The van der Waals surface area contributed by atoms with E-state index in [0.717, 1.165) is 35.6 Å². The van der Waals surface area contributed by atoms with Gasteiger partial charge in [0.15, 0.2) is 11.6 Å². The zero-order valence-corrected chi connectivity index (χ0v) is 11.2. The van der Waals surface area contributed by atoms with E-state index in [4.69, 9.17) is 4.42 Å². The molecule has 4 heteroatoms. The van der Waals surface area contributed by atoms with Gasteiger partial charge in [0.05, 0.1) is 17.3 Å². The van der Waals surface area contributed by atoms with Gasteiger partial charge in [-0.05, 0) is 49.8 Å². The lowest BCUT2D eigenvalue weighted by molar-refractivity contribution is 0.574. The van der Waals surface area contributed by atoms with Crippen molar-refractivity contribution in [2.24, 2.45) is 7.05 Å². The minimum atomic E-state index is 0.801. The Balaban J connectivity index is 2.06. The van der Waals surface area contributed by atoms with Gasteiger partial charge < -0.3 is 14.3 Å². The third kappa shape index (κ3) is 2.15. The molecule has 0 aliphatic rings. The highest BCUT2D eigenvalue weighted by molar-refractivity contribution is 5.80. The Morgan fingerprint density at radius 2 is 2.21 bits per heavy atom. The third-order valence-electron chi connectivity index (χ3n) is 3.35. The quantitative estimate of drug-likeness (QED) is 0.779. The molecule has 2 aromatic heterocycles. The molecule has 0 saturated heterocycles. The second-order valence-corrected chi connectivity index (χ2v) is 4.65.